The third-order valence-corrected chi connectivity index (χ3v) is 4.55. The first-order valence-corrected chi connectivity index (χ1v) is 10.6. The molecule has 0 aliphatic carbocycles. The summed E-state index contributed by atoms with van der Waals surface area (Å²) in [5, 5.41) is 9.36. The van der Waals surface area contributed by atoms with E-state index >= 15 is 0 Å². The minimum atomic E-state index is -0.856. The molecule has 0 spiro atoms. The molecule has 0 aromatic heterocycles. The normalized spacial score (nSPS) is 10.9. The van der Waals surface area contributed by atoms with Crippen LogP contribution >= 0.6 is 0 Å². The maximum absolute atomic E-state index is 12.0. The first-order chi connectivity index (χ1) is 16.4. The van der Waals surface area contributed by atoms with Gasteiger partial charge in [-0.15, -0.1) is 10.1 Å². The van der Waals surface area contributed by atoms with Crippen LogP contribution in [0, 0.1) is 10.1 Å². The number of benzene rings is 2. The summed E-state index contributed by atoms with van der Waals surface area (Å²) in [5.74, 6) is -0.201. The van der Waals surface area contributed by atoms with Gasteiger partial charge < -0.3 is 19.0 Å². The average molecular weight is 469 g/mol. The lowest BCUT2D eigenvalue weighted by molar-refractivity contribution is -0.763. The summed E-state index contributed by atoms with van der Waals surface area (Å²) in [5.41, 5.74) is 2.02. The van der Waals surface area contributed by atoms with E-state index in [4.69, 9.17) is 14.2 Å². The minimum absolute atomic E-state index is 0.0474. The van der Waals surface area contributed by atoms with Crippen LogP contribution in [0.1, 0.15) is 42.9 Å². The molecule has 2 aromatic rings. The summed E-state index contributed by atoms with van der Waals surface area (Å²) >= 11 is 0. The number of hydrogen-bond donors (Lipinski definition) is 0. The Morgan fingerprint density at radius 3 is 2.38 bits per heavy atom. The van der Waals surface area contributed by atoms with Crippen LogP contribution in [0.25, 0.3) is 6.08 Å². The van der Waals surface area contributed by atoms with Crippen LogP contribution in [0.3, 0.4) is 0 Å². The molecule has 0 bridgehead atoms. The van der Waals surface area contributed by atoms with E-state index in [0.29, 0.717) is 35.5 Å². The van der Waals surface area contributed by atoms with E-state index in [1.807, 2.05) is 19.1 Å². The van der Waals surface area contributed by atoms with E-state index in [9.17, 15) is 19.7 Å². The predicted molar refractivity (Wildman–Crippen MR) is 124 cm³/mol. The van der Waals surface area contributed by atoms with E-state index in [-0.39, 0.29) is 19.2 Å². The van der Waals surface area contributed by atoms with Gasteiger partial charge in [0.2, 0.25) is 0 Å². The van der Waals surface area contributed by atoms with Crippen LogP contribution < -0.4 is 9.47 Å². The van der Waals surface area contributed by atoms with Gasteiger partial charge in [-0.25, -0.2) is 4.79 Å². The van der Waals surface area contributed by atoms with Crippen LogP contribution in [0.4, 0.5) is 0 Å². The van der Waals surface area contributed by atoms with Crippen molar-refractivity contribution in [3.63, 3.8) is 0 Å². The molecule has 9 nitrogen and oxygen atoms in total. The molecule has 0 unspecified atom stereocenters. The molecule has 2 aromatic carbocycles. The van der Waals surface area contributed by atoms with E-state index in [2.05, 4.69) is 4.84 Å². The number of ether oxygens (including phenoxy) is 3. The minimum Gasteiger partial charge on any atom is -0.493 e. The lowest BCUT2D eigenvalue weighted by Gasteiger charge is -2.10. The Hall–Kier alpha value is -4.14. The van der Waals surface area contributed by atoms with Crippen molar-refractivity contribution in [1.29, 1.82) is 0 Å². The molecule has 0 N–H and O–H groups in total. The van der Waals surface area contributed by atoms with Gasteiger partial charge in [-0.3, -0.25) is 4.79 Å². The van der Waals surface area contributed by atoms with Gasteiger partial charge in [0.1, 0.15) is 13.2 Å². The first kappa shape index (κ1) is 26.1. The van der Waals surface area contributed by atoms with Gasteiger partial charge in [0.05, 0.1) is 7.11 Å². The highest BCUT2D eigenvalue weighted by molar-refractivity contribution is 5.87. The predicted octanol–water partition coefficient (Wildman–Crippen LogP) is 4.81. The van der Waals surface area contributed by atoms with Gasteiger partial charge in [-0.05, 0) is 54.7 Å². The third-order valence-electron chi connectivity index (χ3n) is 4.55. The van der Waals surface area contributed by atoms with Crippen molar-refractivity contribution in [2.45, 2.75) is 39.4 Å². The molecule has 2 rings (SSSR count). The zero-order valence-electron chi connectivity index (χ0n) is 19.1. The van der Waals surface area contributed by atoms with Crippen molar-refractivity contribution in [2.75, 3.05) is 7.11 Å². The fourth-order valence-electron chi connectivity index (χ4n) is 2.80. The highest BCUT2D eigenvalue weighted by atomic mass is 16.9. The third kappa shape index (κ3) is 9.56. The topological polar surface area (TPSA) is 114 Å². The molecule has 9 heteroatoms. The Balaban J connectivity index is 1.86. The standard InChI is InChI=1S/C25H27NO8/c1-3-4-5-6-7-25(28)34-22-14-12-19(16-23(22)31-2)13-15-24(27)32-17-20-8-10-21(11-9-20)18-33-26(29)30/h3-4,8-16H,5-7,17-18H2,1-2H3/b4-3-,15-13+. The number of esters is 2. The monoisotopic (exact) mass is 469 g/mol. The molecule has 0 atom stereocenters. The number of carbonyl (C=O) groups excluding carboxylic acids is 2. The van der Waals surface area contributed by atoms with E-state index in [0.717, 1.165) is 12.0 Å². The Bertz CT molecular complexity index is 1030. The lowest BCUT2D eigenvalue weighted by atomic mass is 10.1. The summed E-state index contributed by atoms with van der Waals surface area (Å²) in [6.07, 6.45) is 8.59. The molecule has 0 aliphatic heterocycles. The Labute approximate surface area is 197 Å². The molecule has 0 aliphatic rings. The molecule has 0 radical (unpaired) electrons. The number of hydrogen-bond acceptors (Lipinski definition) is 8. The SMILES string of the molecule is C/C=C\CCCC(=O)Oc1ccc(/C=C/C(=O)OCc2ccc(CO[N+](=O)[O-])cc2)cc1OC. The molecule has 34 heavy (non-hydrogen) atoms. The van der Waals surface area contributed by atoms with Crippen molar-refractivity contribution in [1.82, 2.24) is 0 Å². The second-order valence-electron chi connectivity index (χ2n) is 7.10. The van der Waals surface area contributed by atoms with E-state index in [1.165, 1.54) is 13.2 Å². The number of unbranched alkanes of at least 4 members (excludes halogenated alkanes) is 1. The molecule has 0 saturated heterocycles. The number of methoxy groups -OCH3 is 1. The molecule has 0 amide bonds. The zero-order valence-corrected chi connectivity index (χ0v) is 19.1. The smallest absolute Gasteiger partial charge is 0.331 e. The summed E-state index contributed by atoms with van der Waals surface area (Å²) < 4.78 is 15.9. The van der Waals surface area contributed by atoms with Gasteiger partial charge in [0.15, 0.2) is 11.5 Å². The van der Waals surface area contributed by atoms with Crippen molar-refractivity contribution in [2.24, 2.45) is 0 Å². The highest BCUT2D eigenvalue weighted by Crippen LogP contribution is 2.29. The molecule has 0 heterocycles. The van der Waals surface area contributed by atoms with Crippen molar-refractivity contribution in [3.05, 3.63) is 87.5 Å². The molecular formula is C25H27NO8. The number of rotatable bonds is 13. The van der Waals surface area contributed by atoms with Crippen LogP contribution in [0.5, 0.6) is 11.5 Å². The van der Waals surface area contributed by atoms with E-state index < -0.39 is 11.1 Å². The number of allylic oxidation sites excluding steroid dienone is 2. The van der Waals surface area contributed by atoms with Gasteiger partial charge in [0, 0.05) is 12.5 Å². The van der Waals surface area contributed by atoms with Crippen molar-refractivity contribution >= 4 is 18.0 Å². The maximum Gasteiger partial charge on any atom is 0.331 e. The van der Waals surface area contributed by atoms with Crippen LogP contribution in [-0.4, -0.2) is 24.1 Å². The van der Waals surface area contributed by atoms with Gasteiger partial charge in [-0.2, -0.15) is 0 Å². The summed E-state index contributed by atoms with van der Waals surface area (Å²) in [7, 11) is 1.47. The van der Waals surface area contributed by atoms with Gasteiger partial charge >= 0.3 is 11.9 Å². The molecule has 180 valence electrons. The Kier molecular flexibility index (Phi) is 10.8. The Morgan fingerprint density at radius 1 is 1.03 bits per heavy atom. The fourth-order valence-corrected chi connectivity index (χ4v) is 2.80. The quantitative estimate of drug-likeness (QED) is 0.0781. The average Bonchev–Trinajstić information content (AvgIpc) is 2.84. The van der Waals surface area contributed by atoms with Gasteiger partial charge in [0.25, 0.3) is 5.09 Å². The second kappa shape index (κ2) is 14.1. The van der Waals surface area contributed by atoms with Crippen molar-refractivity contribution < 1.29 is 33.7 Å². The summed E-state index contributed by atoms with van der Waals surface area (Å²) in [4.78, 5) is 38.6. The summed E-state index contributed by atoms with van der Waals surface area (Å²) in [6.45, 7) is 1.83. The van der Waals surface area contributed by atoms with Gasteiger partial charge in [-0.1, -0.05) is 42.5 Å². The molecular weight excluding hydrogens is 442 g/mol. The number of carbonyl (C=O) groups is 2. The van der Waals surface area contributed by atoms with Crippen molar-refractivity contribution in [3.8, 4) is 11.5 Å². The second-order valence-corrected chi connectivity index (χ2v) is 7.10. The highest BCUT2D eigenvalue weighted by Gasteiger charge is 2.10. The number of nitrogens with zero attached hydrogens (tertiary/aromatic N) is 1. The largest absolute Gasteiger partial charge is 0.493 e. The molecule has 0 saturated carbocycles. The van der Waals surface area contributed by atoms with E-state index in [1.54, 1.807) is 48.5 Å². The first-order valence-electron chi connectivity index (χ1n) is 10.6. The van der Waals surface area contributed by atoms with Crippen LogP contribution in [-0.2, 0) is 32.4 Å². The fraction of sp³-hybridized carbons (Fsp3) is 0.280. The maximum atomic E-state index is 12.0. The summed E-state index contributed by atoms with van der Waals surface area (Å²) in [6, 6.07) is 11.7. The van der Waals surface area contributed by atoms with Crippen LogP contribution in [0.2, 0.25) is 0 Å². The zero-order chi connectivity index (χ0) is 24.8. The molecule has 0 fully saturated rings. The Morgan fingerprint density at radius 2 is 1.74 bits per heavy atom. The lowest BCUT2D eigenvalue weighted by Crippen LogP contribution is -2.08. The van der Waals surface area contributed by atoms with Crippen LogP contribution in [0.15, 0.2) is 60.7 Å².